The van der Waals surface area contributed by atoms with Crippen molar-refractivity contribution in [1.82, 2.24) is 9.78 Å². The van der Waals surface area contributed by atoms with Gasteiger partial charge in [0.05, 0.1) is 12.8 Å². The van der Waals surface area contributed by atoms with E-state index in [0.29, 0.717) is 23.7 Å². The minimum absolute atomic E-state index is 0.00779. The molecule has 1 heterocycles. The molecule has 0 saturated heterocycles. The minimum Gasteiger partial charge on any atom is -0.497 e. The van der Waals surface area contributed by atoms with Gasteiger partial charge in [0.2, 0.25) is 0 Å². The number of aryl methyl sites for hydroxylation is 1. The molecule has 2 aromatic rings. The van der Waals surface area contributed by atoms with Gasteiger partial charge < -0.3 is 20.4 Å². The molecule has 0 amide bonds. The number of hydrogen-bond acceptors (Lipinski definition) is 5. The number of oxime groups is 1. The van der Waals surface area contributed by atoms with E-state index in [0.717, 1.165) is 5.69 Å². The van der Waals surface area contributed by atoms with Gasteiger partial charge in [-0.2, -0.15) is 5.10 Å². The zero-order valence-electron chi connectivity index (χ0n) is 11.3. The van der Waals surface area contributed by atoms with Crippen molar-refractivity contribution in [2.45, 2.75) is 6.61 Å². The van der Waals surface area contributed by atoms with Gasteiger partial charge in [-0.3, -0.25) is 4.68 Å². The third-order valence-corrected chi connectivity index (χ3v) is 2.67. The first kappa shape index (κ1) is 13.7. The van der Waals surface area contributed by atoms with Crippen LogP contribution in [0.25, 0.3) is 0 Å². The SMILES string of the molecule is COc1cc(OCc2ccn(C)n2)cc(/C(N)=N/O)c1. The second-order valence-electron chi connectivity index (χ2n) is 4.15. The topological polar surface area (TPSA) is 94.9 Å². The summed E-state index contributed by atoms with van der Waals surface area (Å²) in [6.07, 6.45) is 1.84. The van der Waals surface area contributed by atoms with Crippen molar-refractivity contribution < 1.29 is 14.7 Å². The van der Waals surface area contributed by atoms with Crippen LogP contribution in [0.4, 0.5) is 0 Å². The van der Waals surface area contributed by atoms with Crippen LogP contribution in [0.5, 0.6) is 11.5 Å². The van der Waals surface area contributed by atoms with Crippen LogP contribution in [0.15, 0.2) is 35.6 Å². The van der Waals surface area contributed by atoms with E-state index < -0.39 is 0 Å². The summed E-state index contributed by atoms with van der Waals surface area (Å²) in [4.78, 5) is 0. The molecular weight excluding hydrogens is 260 g/mol. The molecular formula is C13H16N4O3. The maximum absolute atomic E-state index is 8.72. The number of rotatable bonds is 5. The molecule has 0 spiro atoms. The number of benzene rings is 1. The lowest BCUT2D eigenvalue weighted by molar-refractivity contribution is 0.297. The first-order valence-electron chi connectivity index (χ1n) is 5.90. The maximum atomic E-state index is 8.72. The van der Waals surface area contributed by atoms with E-state index >= 15 is 0 Å². The number of nitrogens with zero attached hydrogens (tertiary/aromatic N) is 3. The van der Waals surface area contributed by atoms with Gasteiger partial charge >= 0.3 is 0 Å². The van der Waals surface area contributed by atoms with Gasteiger partial charge in [0.1, 0.15) is 18.1 Å². The van der Waals surface area contributed by atoms with Crippen LogP contribution in [0.1, 0.15) is 11.3 Å². The van der Waals surface area contributed by atoms with Crippen molar-refractivity contribution in [1.29, 1.82) is 0 Å². The van der Waals surface area contributed by atoms with Crippen LogP contribution in [0.3, 0.4) is 0 Å². The normalized spacial score (nSPS) is 11.4. The summed E-state index contributed by atoms with van der Waals surface area (Å²) >= 11 is 0. The molecule has 1 aromatic carbocycles. The fourth-order valence-corrected chi connectivity index (χ4v) is 1.68. The second kappa shape index (κ2) is 5.96. The lowest BCUT2D eigenvalue weighted by atomic mass is 10.2. The highest BCUT2D eigenvalue weighted by Crippen LogP contribution is 2.23. The molecule has 7 nitrogen and oxygen atoms in total. The summed E-state index contributed by atoms with van der Waals surface area (Å²) in [6, 6.07) is 6.91. The van der Waals surface area contributed by atoms with Gasteiger partial charge in [-0.25, -0.2) is 0 Å². The van der Waals surface area contributed by atoms with Crippen molar-refractivity contribution in [2.24, 2.45) is 17.9 Å². The molecule has 2 rings (SSSR count). The number of amidine groups is 1. The van der Waals surface area contributed by atoms with Crippen LogP contribution in [0.2, 0.25) is 0 Å². The van der Waals surface area contributed by atoms with E-state index in [4.69, 9.17) is 20.4 Å². The van der Waals surface area contributed by atoms with Crippen LogP contribution >= 0.6 is 0 Å². The van der Waals surface area contributed by atoms with Crippen molar-refractivity contribution in [3.8, 4) is 11.5 Å². The molecule has 0 saturated carbocycles. The van der Waals surface area contributed by atoms with Gasteiger partial charge in [0, 0.05) is 24.9 Å². The third kappa shape index (κ3) is 3.19. The predicted molar refractivity (Wildman–Crippen MR) is 73.0 cm³/mol. The van der Waals surface area contributed by atoms with Crippen molar-refractivity contribution in [3.63, 3.8) is 0 Å². The average Bonchev–Trinajstić information content (AvgIpc) is 2.89. The summed E-state index contributed by atoms with van der Waals surface area (Å²) in [5.74, 6) is 1.10. The molecule has 1 aromatic heterocycles. The Morgan fingerprint density at radius 2 is 2.15 bits per heavy atom. The molecule has 3 N–H and O–H groups in total. The molecule has 0 radical (unpaired) electrons. The minimum atomic E-state index is -0.00779. The number of nitrogens with two attached hydrogens (primary N) is 1. The van der Waals surface area contributed by atoms with E-state index in [9.17, 15) is 0 Å². The zero-order chi connectivity index (χ0) is 14.5. The molecule has 7 heteroatoms. The average molecular weight is 276 g/mol. The van der Waals surface area contributed by atoms with E-state index in [1.165, 1.54) is 7.11 Å². The van der Waals surface area contributed by atoms with Crippen LogP contribution < -0.4 is 15.2 Å². The van der Waals surface area contributed by atoms with Gasteiger partial charge in [0.15, 0.2) is 5.84 Å². The lowest BCUT2D eigenvalue weighted by Crippen LogP contribution is -2.13. The van der Waals surface area contributed by atoms with Crippen LogP contribution in [-0.4, -0.2) is 27.9 Å². The fraction of sp³-hybridized carbons (Fsp3) is 0.231. The van der Waals surface area contributed by atoms with E-state index in [1.54, 1.807) is 22.9 Å². The highest BCUT2D eigenvalue weighted by molar-refractivity contribution is 5.97. The van der Waals surface area contributed by atoms with Gasteiger partial charge in [-0.15, -0.1) is 0 Å². The largest absolute Gasteiger partial charge is 0.497 e. The summed E-state index contributed by atoms with van der Waals surface area (Å²) in [5.41, 5.74) is 6.89. The Hall–Kier alpha value is -2.70. The van der Waals surface area contributed by atoms with Crippen molar-refractivity contribution >= 4 is 5.84 Å². The number of methoxy groups -OCH3 is 1. The molecule has 0 atom stereocenters. The number of aromatic nitrogens is 2. The van der Waals surface area contributed by atoms with E-state index in [-0.39, 0.29) is 5.84 Å². The Balaban J connectivity index is 2.18. The van der Waals surface area contributed by atoms with E-state index in [1.807, 2.05) is 19.3 Å². The number of ether oxygens (including phenoxy) is 2. The molecule has 0 bridgehead atoms. The molecule has 20 heavy (non-hydrogen) atoms. The standard InChI is InChI=1S/C13H16N4O3/c1-17-4-3-10(15-17)8-20-12-6-9(13(14)16-18)5-11(7-12)19-2/h3-7,18H,8H2,1-2H3,(H2,14,16). The zero-order valence-corrected chi connectivity index (χ0v) is 11.3. The maximum Gasteiger partial charge on any atom is 0.170 e. The smallest absolute Gasteiger partial charge is 0.170 e. The second-order valence-corrected chi connectivity index (χ2v) is 4.15. The van der Waals surface area contributed by atoms with Crippen LogP contribution in [0, 0.1) is 0 Å². The first-order valence-corrected chi connectivity index (χ1v) is 5.90. The third-order valence-electron chi connectivity index (χ3n) is 2.67. The quantitative estimate of drug-likeness (QED) is 0.369. The molecule has 0 unspecified atom stereocenters. The van der Waals surface area contributed by atoms with Crippen molar-refractivity contribution in [3.05, 3.63) is 41.7 Å². The van der Waals surface area contributed by atoms with Gasteiger partial charge in [-0.1, -0.05) is 5.16 Å². The highest BCUT2D eigenvalue weighted by Gasteiger charge is 2.07. The monoisotopic (exact) mass is 276 g/mol. The Morgan fingerprint density at radius 1 is 1.40 bits per heavy atom. The molecule has 0 aliphatic rings. The summed E-state index contributed by atoms with van der Waals surface area (Å²) in [7, 11) is 3.37. The predicted octanol–water partition coefficient (Wildman–Crippen LogP) is 1.10. The molecule has 0 aliphatic carbocycles. The Kier molecular flexibility index (Phi) is 4.09. The fourth-order valence-electron chi connectivity index (χ4n) is 1.68. The summed E-state index contributed by atoms with van der Waals surface area (Å²) in [5, 5.41) is 15.9. The summed E-state index contributed by atoms with van der Waals surface area (Å²) < 4.78 is 12.5. The Labute approximate surface area is 116 Å². The molecule has 0 fully saturated rings. The first-order chi connectivity index (χ1) is 9.62. The van der Waals surface area contributed by atoms with Gasteiger partial charge in [0.25, 0.3) is 0 Å². The number of hydrogen-bond donors (Lipinski definition) is 2. The Bertz CT molecular complexity index is 622. The van der Waals surface area contributed by atoms with Gasteiger partial charge in [-0.05, 0) is 18.2 Å². The Morgan fingerprint density at radius 3 is 2.75 bits per heavy atom. The highest BCUT2D eigenvalue weighted by atomic mass is 16.5. The van der Waals surface area contributed by atoms with Crippen LogP contribution in [-0.2, 0) is 13.7 Å². The lowest BCUT2D eigenvalue weighted by Gasteiger charge is -2.09. The van der Waals surface area contributed by atoms with Crippen molar-refractivity contribution in [2.75, 3.05) is 7.11 Å². The molecule has 106 valence electrons. The van der Waals surface area contributed by atoms with E-state index in [2.05, 4.69) is 10.3 Å². The molecule has 0 aliphatic heterocycles. The summed E-state index contributed by atoms with van der Waals surface area (Å²) in [6.45, 7) is 0.323.